The molecule has 73 heavy (non-hydrogen) atoms. The van der Waals surface area contributed by atoms with E-state index in [0.717, 1.165) is 42.7 Å². The van der Waals surface area contributed by atoms with Gasteiger partial charge in [-0.05, 0) is 95.5 Å². The van der Waals surface area contributed by atoms with Crippen molar-refractivity contribution in [1.82, 2.24) is 0 Å². The molecule has 1 heteroatoms. The second-order valence-corrected chi connectivity index (χ2v) is 13.9. The molecule has 0 bridgehead atoms. The number of para-hydroxylation sites is 1. The van der Waals surface area contributed by atoms with Crippen LogP contribution in [0.2, 0.25) is 0 Å². The second kappa shape index (κ2) is 51.6. The minimum absolute atomic E-state index is 0. The molecule has 0 fully saturated rings. The molecule has 0 saturated carbocycles. The van der Waals surface area contributed by atoms with Crippen molar-refractivity contribution in [3.63, 3.8) is 0 Å². The van der Waals surface area contributed by atoms with Crippen LogP contribution in [0.5, 0.6) is 0 Å². The molecule has 0 aromatic heterocycles. The van der Waals surface area contributed by atoms with E-state index in [1.54, 1.807) is 0 Å². The first-order valence-electron chi connectivity index (χ1n) is 26.2. The molecule has 0 saturated heterocycles. The highest BCUT2D eigenvalue weighted by atomic mass is 15.1. The van der Waals surface area contributed by atoms with Crippen LogP contribution in [0.3, 0.4) is 0 Å². The van der Waals surface area contributed by atoms with E-state index in [-0.39, 0.29) is 29.7 Å². The summed E-state index contributed by atoms with van der Waals surface area (Å²) < 4.78 is 0. The minimum atomic E-state index is 0. The SMILES string of the molecule is C.C.C.C.C(=Cc1ccc(N(c2ccccc2)c2ccc(C=CC=C(Cc3ccccc3)Cc3ccccc3)cc2)cc1)C=C(Cc1ccccc1)Cc1ccccc1.CC.CC.CC.CC.CC.CC.CC. The van der Waals surface area contributed by atoms with Crippen LogP contribution >= 0.6 is 0 Å². The van der Waals surface area contributed by atoms with Crippen LogP contribution in [-0.2, 0) is 25.7 Å². The van der Waals surface area contributed by atoms with Crippen molar-refractivity contribution in [2.75, 3.05) is 4.90 Å². The van der Waals surface area contributed by atoms with Crippen LogP contribution in [0.4, 0.5) is 17.1 Å². The molecular weight excluding hydrogens is 879 g/mol. The van der Waals surface area contributed by atoms with Crippen molar-refractivity contribution >= 4 is 29.2 Å². The van der Waals surface area contributed by atoms with Crippen molar-refractivity contribution in [1.29, 1.82) is 0 Å². The molecule has 0 unspecified atom stereocenters. The lowest BCUT2D eigenvalue weighted by atomic mass is 9.98. The third-order valence-electron chi connectivity index (χ3n) is 9.65. The van der Waals surface area contributed by atoms with Gasteiger partial charge >= 0.3 is 0 Å². The molecule has 0 N–H and O–H groups in total. The Bertz CT molecular complexity index is 2060. The Morgan fingerprint density at radius 1 is 0.274 bits per heavy atom. The third kappa shape index (κ3) is 30.1. The van der Waals surface area contributed by atoms with Crippen LogP contribution in [0.25, 0.3) is 12.2 Å². The summed E-state index contributed by atoms with van der Waals surface area (Å²) in [6, 6.07) is 71.2. The Balaban J connectivity index is -0.000000790. The molecule has 0 radical (unpaired) electrons. The van der Waals surface area contributed by atoms with Gasteiger partial charge in [0.25, 0.3) is 0 Å². The van der Waals surface area contributed by atoms with E-state index in [1.807, 2.05) is 96.9 Å². The van der Waals surface area contributed by atoms with Gasteiger partial charge in [0.2, 0.25) is 0 Å². The Morgan fingerprint density at radius 3 is 0.712 bits per heavy atom. The molecule has 0 spiro atoms. The standard InChI is InChI=1S/C54H47N.7C2H6.4CH4/c1-6-18-46(19-7-1)40-50(41-47-20-8-2-9-21-47)28-16-26-44-32-36-53(37-33-44)55(52-30-14-5-15-31-52)54-38-34-45(35-39-54)27-17-29-51(42-48-22-10-3-11-23-48)43-49-24-12-4-13-25-49;7*1-2;;;;/h1-39H,40-43H2;7*1-2H3;4*1H4. The summed E-state index contributed by atoms with van der Waals surface area (Å²) in [6.07, 6.45) is 17.1. The van der Waals surface area contributed by atoms with Gasteiger partial charge in [-0.15, -0.1) is 0 Å². The molecule has 0 heterocycles. The number of nitrogens with zero attached hydrogens (tertiary/aromatic N) is 1. The monoisotopic (exact) mass is 984 g/mol. The second-order valence-electron chi connectivity index (χ2n) is 13.9. The molecule has 0 aliphatic rings. The molecule has 7 aromatic carbocycles. The fourth-order valence-corrected chi connectivity index (χ4v) is 6.88. The van der Waals surface area contributed by atoms with Gasteiger partial charge in [0.15, 0.2) is 0 Å². The average Bonchev–Trinajstić information content (AvgIpc) is 3.45. The molecule has 398 valence electrons. The zero-order valence-corrected chi connectivity index (χ0v) is 45.3. The predicted octanol–water partition coefficient (Wildman–Crippen LogP) is 23.7. The molecule has 0 aliphatic heterocycles. The number of hydrogen-bond donors (Lipinski definition) is 0. The summed E-state index contributed by atoms with van der Waals surface area (Å²) in [5, 5.41) is 0. The van der Waals surface area contributed by atoms with Crippen LogP contribution in [0.15, 0.2) is 236 Å². The lowest BCUT2D eigenvalue weighted by Crippen LogP contribution is -2.09. The number of rotatable bonds is 15. The smallest absolute Gasteiger partial charge is 0.0462 e. The van der Waals surface area contributed by atoms with E-state index in [4.69, 9.17) is 0 Å². The normalized spacial score (nSPS) is 8.90. The van der Waals surface area contributed by atoms with Gasteiger partial charge in [-0.1, -0.05) is 338 Å². The van der Waals surface area contributed by atoms with Crippen molar-refractivity contribution in [2.24, 2.45) is 0 Å². The van der Waals surface area contributed by atoms with Gasteiger partial charge < -0.3 is 4.90 Å². The van der Waals surface area contributed by atoms with Gasteiger partial charge in [-0.25, -0.2) is 0 Å². The maximum atomic E-state index is 2.32. The van der Waals surface area contributed by atoms with Gasteiger partial charge in [-0.3, -0.25) is 0 Å². The first-order valence-corrected chi connectivity index (χ1v) is 26.2. The zero-order valence-electron chi connectivity index (χ0n) is 45.3. The summed E-state index contributed by atoms with van der Waals surface area (Å²) in [4.78, 5) is 2.32. The highest BCUT2D eigenvalue weighted by Crippen LogP contribution is 2.35. The number of benzene rings is 7. The summed E-state index contributed by atoms with van der Waals surface area (Å²) in [7, 11) is 0. The summed E-state index contributed by atoms with van der Waals surface area (Å²) in [5.74, 6) is 0. The van der Waals surface area contributed by atoms with Gasteiger partial charge in [0, 0.05) is 17.1 Å². The van der Waals surface area contributed by atoms with Crippen LogP contribution in [-0.4, -0.2) is 0 Å². The van der Waals surface area contributed by atoms with Crippen molar-refractivity contribution in [3.05, 3.63) is 269 Å². The Labute approximate surface area is 453 Å². The van der Waals surface area contributed by atoms with Crippen molar-refractivity contribution < 1.29 is 0 Å². The molecule has 7 aromatic rings. The van der Waals surface area contributed by atoms with E-state index < -0.39 is 0 Å². The maximum absolute atomic E-state index is 2.32. The maximum Gasteiger partial charge on any atom is 0.0462 e. The van der Waals surface area contributed by atoms with Crippen LogP contribution in [0.1, 0.15) is 160 Å². The Morgan fingerprint density at radius 2 is 0.479 bits per heavy atom. The molecule has 1 nitrogen and oxygen atoms in total. The lowest BCUT2D eigenvalue weighted by molar-refractivity contribution is 1.03. The number of hydrogen-bond acceptors (Lipinski definition) is 1. The van der Waals surface area contributed by atoms with Gasteiger partial charge in [-0.2, -0.15) is 0 Å². The molecular formula is C72H105N. The van der Waals surface area contributed by atoms with Crippen molar-refractivity contribution in [2.45, 2.75) is 152 Å². The van der Waals surface area contributed by atoms with Crippen LogP contribution < -0.4 is 4.90 Å². The third-order valence-corrected chi connectivity index (χ3v) is 9.65. The van der Waals surface area contributed by atoms with E-state index in [0.29, 0.717) is 0 Å². The first-order chi connectivity index (χ1) is 34.2. The minimum Gasteiger partial charge on any atom is -0.311 e. The van der Waals surface area contributed by atoms with E-state index >= 15 is 0 Å². The molecule has 7 rings (SSSR count). The predicted molar refractivity (Wildman–Crippen MR) is 342 cm³/mol. The zero-order chi connectivity index (χ0) is 51.3. The van der Waals surface area contributed by atoms with E-state index in [9.17, 15) is 0 Å². The Hall–Kier alpha value is -6.70. The van der Waals surface area contributed by atoms with Gasteiger partial charge in [0.05, 0.1) is 0 Å². The number of allylic oxidation sites excluding steroid dienone is 6. The topological polar surface area (TPSA) is 3.24 Å². The van der Waals surface area contributed by atoms with Crippen LogP contribution in [0, 0.1) is 0 Å². The van der Waals surface area contributed by atoms with E-state index in [2.05, 4.69) is 242 Å². The average molecular weight is 985 g/mol. The number of anilines is 3. The highest BCUT2D eigenvalue weighted by molar-refractivity contribution is 5.77. The summed E-state index contributed by atoms with van der Waals surface area (Å²) in [5.41, 5.74) is 13.8. The van der Waals surface area contributed by atoms with E-state index in [1.165, 1.54) is 44.5 Å². The lowest BCUT2D eigenvalue weighted by Gasteiger charge is -2.25. The highest BCUT2D eigenvalue weighted by Gasteiger charge is 2.12. The Kier molecular flexibility index (Phi) is 53.2. The first kappa shape index (κ1) is 75.2. The fourth-order valence-electron chi connectivity index (χ4n) is 6.88. The summed E-state index contributed by atoms with van der Waals surface area (Å²) in [6.45, 7) is 28.0. The fraction of sp³-hybridized carbons (Fsp3) is 0.306. The molecule has 0 aliphatic carbocycles. The summed E-state index contributed by atoms with van der Waals surface area (Å²) >= 11 is 0. The van der Waals surface area contributed by atoms with Gasteiger partial charge in [0.1, 0.15) is 0 Å². The molecule has 0 amide bonds. The molecule has 0 atom stereocenters. The quantitative estimate of drug-likeness (QED) is 0.0926. The largest absolute Gasteiger partial charge is 0.311 e. The van der Waals surface area contributed by atoms with Crippen molar-refractivity contribution in [3.8, 4) is 0 Å².